The minimum absolute atomic E-state index is 0.000538. The lowest BCUT2D eigenvalue weighted by Gasteiger charge is -2.30. The van der Waals surface area contributed by atoms with Gasteiger partial charge in [0.1, 0.15) is 0 Å². The molecule has 3 N–H and O–H groups in total. The van der Waals surface area contributed by atoms with Crippen molar-refractivity contribution in [1.82, 2.24) is 10.2 Å². The SMILES string of the molecule is NCCNC(=O)N1CCC(C=Cc2ccc(Cl)cc2)CC1. The van der Waals surface area contributed by atoms with Crippen molar-refractivity contribution in [2.45, 2.75) is 12.8 Å². The van der Waals surface area contributed by atoms with Gasteiger partial charge in [-0.2, -0.15) is 0 Å². The summed E-state index contributed by atoms with van der Waals surface area (Å²) in [4.78, 5) is 13.7. The molecule has 0 aliphatic carbocycles. The summed E-state index contributed by atoms with van der Waals surface area (Å²) in [6, 6.07) is 7.81. The van der Waals surface area contributed by atoms with Gasteiger partial charge < -0.3 is 16.0 Å². The smallest absolute Gasteiger partial charge is 0.317 e. The van der Waals surface area contributed by atoms with Gasteiger partial charge >= 0.3 is 6.03 Å². The van der Waals surface area contributed by atoms with Crippen LogP contribution in [0.5, 0.6) is 0 Å². The molecule has 21 heavy (non-hydrogen) atoms. The molecule has 2 rings (SSSR count). The molecule has 0 bridgehead atoms. The minimum Gasteiger partial charge on any atom is -0.337 e. The fourth-order valence-corrected chi connectivity index (χ4v) is 2.53. The third kappa shape index (κ3) is 5.06. The summed E-state index contributed by atoms with van der Waals surface area (Å²) < 4.78 is 0. The fraction of sp³-hybridized carbons (Fsp3) is 0.438. The number of amides is 2. The van der Waals surface area contributed by atoms with Crippen molar-refractivity contribution >= 4 is 23.7 Å². The largest absolute Gasteiger partial charge is 0.337 e. The Morgan fingerprint density at radius 3 is 2.62 bits per heavy atom. The lowest BCUT2D eigenvalue weighted by molar-refractivity contribution is 0.178. The zero-order chi connectivity index (χ0) is 15.1. The van der Waals surface area contributed by atoms with E-state index in [2.05, 4.69) is 17.5 Å². The van der Waals surface area contributed by atoms with Crippen molar-refractivity contribution < 1.29 is 4.79 Å². The van der Waals surface area contributed by atoms with Gasteiger partial charge in [0.05, 0.1) is 0 Å². The first-order valence-electron chi connectivity index (χ1n) is 7.35. The number of allylic oxidation sites excluding steroid dienone is 1. The van der Waals surface area contributed by atoms with Crippen molar-refractivity contribution in [2.75, 3.05) is 26.2 Å². The Balaban J connectivity index is 1.78. The second-order valence-corrected chi connectivity index (χ2v) is 5.69. The van der Waals surface area contributed by atoms with E-state index < -0.39 is 0 Å². The number of rotatable bonds is 4. The maximum Gasteiger partial charge on any atom is 0.317 e. The average Bonchev–Trinajstić information content (AvgIpc) is 2.52. The van der Waals surface area contributed by atoms with Crippen LogP contribution in [-0.4, -0.2) is 37.1 Å². The van der Waals surface area contributed by atoms with Gasteiger partial charge in [0.15, 0.2) is 0 Å². The number of nitrogens with one attached hydrogen (secondary N) is 1. The van der Waals surface area contributed by atoms with Crippen LogP contribution < -0.4 is 11.1 Å². The molecule has 1 aliphatic heterocycles. The number of nitrogens with zero attached hydrogens (tertiary/aromatic N) is 1. The Morgan fingerprint density at radius 2 is 2.00 bits per heavy atom. The summed E-state index contributed by atoms with van der Waals surface area (Å²) in [5.74, 6) is 0.527. The molecule has 1 fully saturated rings. The monoisotopic (exact) mass is 307 g/mol. The van der Waals surface area contributed by atoms with Crippen LogP contribution in [0.2, 0.25) is 5.02 Å². The Kier molecular flexibility index (Phi) is 6.08. The minimum atomic E-state index is 0.000538. The molecule has 114 valence electrons. The summed E-state index contributed by atoms with van der Waals surface area (Å²) in [5, 5.41) is 3.57. The van der Waals surface area contributed by atoms with E-state index in [0.29, 0.717) is 19.0 Å². The number of carbonyl (C=O) groups excluding carboxylic acids is 1. The topological polar surface area (TPSA) is 58.4 Å². The van der Waals surface area contributed by atoms with Crippen LogP contribution in [0.4, 0.5) is 4.79 Å². The molecule has 1 aliphatic rings. The van der Waals surface area contributed by atoms with E-state index in [1.807, 2.05) is 29.2 Å². The molecule has 1 heterocycles. The molecule has 0 radical (unpaired) electrons. The Bertz CT molecular complexity index is 479. The second kappa shape index (κ2) is 8.05. The molecule has 1 aromatic rings. The van der Waals surface area contributed by atoms with Crippen LogP contribution in [0.25, 0.3) is 6.08 Å². The van der Waals surface area contributed by atoms with Gasteiger partial charge in [-0.05, 0) is 36.5 Å². The fourth-order valence-electron chi connectivity index (χ4n) is 2.41. The summed E-state index contributed by atoms with van der Waals surface area (Å²) in [7, 11) is 0. The van der Waals surface area contributed by atoms with E-state index in [1.54, 1.807) is 0 Å². The molecule has 1 saturated heterocycles. The zero-order valence-corrected chi connectivity index (χ0v) is 12.9. The van der Waals surface area contributed by atoms with E-state index in [1.165, 1.54) is 0 Å². The Morgan fingerprint density at radius 1 is 1.33 bits per heavy atom. The summed E-state index contributed by atoms with van der Waals surface area (Å²) in [6.07, 6.45) is 6.36. The standard InChI is InChI=1S/C16H22ClN3O/c17-15-5-3-13(4-6-15)1-2-14-7-11-20(12-8-14)16(21)19-10-9-18/h1-6,14H,7-12,18H2,(H,19,21). The van der Waals surface area contributed by atoms with Gasteiger partial charge in [0, 0.05) is 31.2 Å². The number of benzene rings is 1. The van der Waals surface area contributed by atoms with Crippen LogP contribution in [0, 0.1) is 5.92 Å². The van der Waals surface area contributed by atoms with Crippen LogP contribution in [0.15, 0.2) is 30.3 Å². The van der Waals surface area contributed by atoms with Crippen LogP contribution in [-0.2, 0) is 0 Å². The predicted molar refractivity (Wildman–Crippen MR) is 87.2 cm³/mol. The molecule has 0 unspecified atom stereocenters. The number of carbonyl (C=O) groups is 1. The highest BCUT2D eigenvalue weighted by Gasteiger charge is 2.20. The third-order valence-corrected chi connectivity index (χ3v) is 3.93. The number of piperidine rings is 1. The van der Waals surface area contributed by atoms with Crippen LogP contribution in [0.3, 0.4) is 0 Å². The molecular weight excluding hydrogens is 286 g/mol. The van der Waals surface area contributed by atoms with Crippen molar-refractivity contribution in [3.63, 3.8) is 0 Å². The van der Waals surface area contributed by atoms with Gasteiger partial charge in [-0.3, -0.25) is 0 Å². The summed E-state index contributed by atoms with van der Waals surface area (Å²) >= 11 is 5.87. The van der Waals surface area contributed by atoms with Crippen molar-refractivity contribution in [2.24, 2.45) is 11.7 Å². The molecule has 5 heteroatoms. The van der Waals surface area contributed by atoms with Gasteiger partial charge in [0.25, 0.3) is 0 Å². The van der Waals surface area contributed by atoms with E-state index in [9.17, 15) is 4.79 Å². The average molecular weight is 308 g/mol. The molecule has 0 saturated carbocycles. The van der Waals surface area contributed by atoms with Crippen LogP contribution in [0.1, 0.15) is 18.4 Å². The van der Waals surface area contributed by atoms with Gasteiger partial charge in [-0.1, -0.05) is 35.9 Å². The Labute approximate surface area is 130 Å². The highest BCUT2D eigenvalue weighted by atomic mass is 35.5. The predicted octanol–water partition coefficient (Wildman–Crippen LogP) is 2.73. The first kappa shape index (κ1) is 15.9. The lowest BCUT2D eigenvalue weighted by Crippen LogP contribution is -2.45. The molecule has 1 aromatic carbocycles. The highest BCUT2D eigenvalue weighted by molar-refractivity contribution is 6.30. The lowest BCUT2D eigenvalue weighted by atomic mass is 9.96. The summed E-state index contributed by atoms with van der Waals surface area (Å²) in [6.45, 7) is 2.61. The Hall–Kier alpha value is -1.52. The normalized spacial score (nSPS) is 16.4. The van der Waals surface area contributed by atoms with Gasteiger partial charge in [-0.25, -0.2) is 4.79 Å². The molecule has 0 spiro atoms. The zero-order valence-electron chi connectivity index (χ0n) is 12.1. The first-order valence-corrected chi connectivity index (χ1v) is 7.73. The van der Waals surface area contributed by atoms with Crippen molar-refractivity contribution in [1.29, 1.82) is 0 Å². The van der Waals surface area contributed by atoms with E-state index in [-0.39, 0.29) is 6.03 Å². The van der Waals surface area contributed by atoms with E-state index in [0.717, 1.165) is 36.5 Å². The maximum absolute atomic E-state index is 11.8. The van der Waals surface area contributed by atoms with Gasteiger partial charge in [-0.15, -0.1) is 0 Å². The van der Waals surface area contributed by atoms with Crippen LogP contribution >= 0.6 is 11.6 Å². The molecule has 0 atom stereocenters. The number of hydrogen-bond donors (Lipinski definition) is 2. The molecule has 4 nitrogen and oxygen atoms in total. The summed E-state index contributed by atoms with van der Waals surface area (Å²) in [5.41, 5.74) is 6.54. The number of halogens is 1. The van der Waals surface area contributed by atoms with Crippen molar-refractivity contribution in [3.05, 3.63) is 40.9 Å². The third-order valence-electron chi connectivity index (χ3n) is 3.68. The number of urea groups is 1. The second-order valence-electron chi connectivity index (χ2n) is 5.26. The van der Waals surface area contributed by atoms with Crippen molar-refractivity contribution in [3.8, 4) is 0 Å². The quantitative estimate of drug-likeness (QED) is 0.898. The molecular formula is C16H22ClN3O. The van der Waals surface area contributed by atoms with E-state index >= 15 is 0 Å². The highest BCUT2D eigenvalue weighted by Crippen LogP contribution is 2.20. The van der Waals surface area contributed by atoms with Gasteiger partial charge in [0.2, 0.25) is 0 Å². The van der Waals surface area contributed by atoms with E-state index in [4.69, 9.17) is 17.3 Å². The number of nitrogens with two attached hydrogens (primary N) is 1. The number of likely N-dealkylation sites (tertiary alicyclic amines) is 1. The molecule has 0 aromatic heterocycles. The first-order chi connectivity index (χ1) is 10.2. The maximum atomic E-state index is 11.8. The molecule has 2 amide bonds. The number of hydrogen-bond acceptors (Lipinski definition) is 2.